The Morgan fingerprint density at radius 3 is 1.12 bits per heavy atom. The van der Waals surface area contributed by atoms with Crippen LogP contribution in [0.5, 0.6) is 0 Å². The van der Waals surface area contributed by atoms with Gasteiger partial charge in [-0.3, -0.25) is 0 Å². The molecule has 34 heavy (non-hydrogen) atoms. The summed E-state index contributed by atoms with van der Waals surface area (Å²) in [7, 11) is -0.183. The van der Waals surface area contributed by atoms with E-state index in [9.17, 15) is 0 Å². The minimum Gasteiger partial charge on any atom is -0.0966 e. The van der Waals surface area contributed by atoms with E-state index in [-0.39, 0.29) is 7.92 Å². The molecule has 3 rings (SSSR count). The van der Waals surface area contributed by atoms with Gasteiger partial charge < -0.3 is 0 Å². The van der Waals surface area contributed by atoms with E-state index in [0.717, 1.165) is 0 Å². The maximum Gasteiger partial charge on any atom is -0.00848 e. The van der Waals surface area contributed by atoms with Gasteiger partial charge in [-0.25, -0.2) is 0 Å². The zero-order chi connectivity index (χ0) is 25.1. The highest BCUT2D eigenvalue weighted by Gasteiger charge is 2.12. The molecule has 0 heterocycles. The molecule has 0 saturated heterocycles. The van der Waals surface area contributed by atoms with Crippen molar-refractivity contribution in [2.75, 3.05) is 12.0 Å². The van der Waals surface area contributed by atoms with Crippen molar-refractivity contribution >= 4 is 34.5 Å². The maximum atomic E-state index is 2.94. The number of hydrogen-bond donors (Lipinski definition) is 0. The van der Waals surface area contributed by atoms with E-state index in [4.69, 9.17) is 0 Å². The minimum atomic E-state index is -0.183. The van der Waals surface area contributed by atoms with Crippen LogP contribution in [0.25, 0.3) is 0 Å². The summed E-state index contributed by atoms with van der Waals surface area (Å²) in [5.41, 5.74) is 0. The fourth-order valence-corrected chi connectivity index (χ4v) is 6.01. The van der Waals surface area contributed by atoms with Crippen LogP contribution in [0.15, 0.2) is 97.1 Å². The summed E-state index contributed by atoms with van der Waals surface area (Å²) in [6.07, 6.45) is 14.0. The molecule has 0 aromatic heterocycles. The second kappa shape index (κ2) is 26.2. The molecule has 3 aromatic rings. The van der Waals surface area contributed by atoms with Crippen LogP contribution in [0.3, 0.4) is 0 Å². The summed E-state index contributed by atoms with van der Waals surface area (Å²) in [4.78, 5) is 0. The van der Waals surface area contributed by atoms with Gasteiger partial charge in [0.25, 0.3) is 0 Å². The molecule has 0 N–H and O–H groups in total. The van der Waals surface area contributed by atoms with Gasteiger partial charge in [0, 0.05) is 0 Å². The molecule has 2 heteroatoms. The Morgan fingerprint density at radius 2 is 0.765 bits per heavy atom. The Bertz CT molecular complexity index is 665. The molecule has 0 amide bonds. The molecule has 0 bridgehead atoms. The third kappa shape index (κ3) is 17.1. The van der Waals surface area contributed by atoms with Gasteiger partial charge in [0.1, 0.15) is 0 Å². The van der Waals surface area contributed by atoms with Gasteiger partial charge in [-0.15, -0.1) is 0 Å². The maximum absolute atomic E-state index is 2.94. The summed E-state index contributed by atoms with van der Waals surface area (Å²) < 4.78 is 0. The lowest BCUT2D eigenvalue weighted by atomic mass is 10.1. The molecular weight excluding hydrogens is 495 g/mol. The number of benzene rings is 3. The SMILES string of the molecule is CBr.CC.CCCCCCCCCCCP(c1ccccc1)c1ccccc1.c1ccccc1. The molecule has 0 fully saturated rings. The summed E-state index contributed by atoms with van der Waals surface area (Å²) >= 11 is 2.94. The predicted molar refractivity (Wildman–Crippen MR) is 164 cm³/mol. The van der Waals surface area contributed by atoms with Crippen LogP contribution in [0.1, 0.15) is 78.6 Å². The van der Waals surface area contributed by atoms with Crippen molar-refractivity contribution in [1.29, 1.82) is 0 Å². The third-order valence-electron chi connectivity index (χ3n) is 5.29. The van der Waals surface area contributed by atoms with Crippen LogP contribution in [-0.2, 0) is 0 Å². The molecule has 0 saturated carbocycles. The Labute approximate surface area is 221 Å². The lowest BCUT2D eigenvalue weighted by molar-refractivity contribution is 0.573. The van der Waals surface area contributed by atoms with Crippen LogP contribution in [0, 0.1) is 0 Å². The molecule has 188 valence electrons. The highest BCUT2D eigenvalue weighted by atomic mass is 79.9. The quantitative estimate of drug-likeness (QED) is 0.121. The molecule has 0 aliphatic heterocycles. The first kappa shape index (κ1) is 32.6. The van der Waals surface area contributed by atoms with E-state index in [0.29, 0.717) is 0 Å². The topological polar surface area (TPSA) is 0 Å². The molecule has 0 aliphatic carbocycles. The van der Waals surface area contributed by atoms with E-state index in [2.05, 4.69) is 83.5 Å². The van der Waals surface area contributed by atoms with Gasteiger partial charge >= 0.3 is 0 Å². The first-order chi connectivity index (χ1) is 16.9. The van der Waals surface area contributed by atoms with Crippen molar-refractivity contribution in [1.82, 2.24) is 0 Å². The smallest absolute Gasteiger partial charge is 0.00848 e. The van der Waals surface area contributed by atoms with Gasteiger partial charge in [-0.2, -0.15) is 0 Å². The van der Waals surface area contributed by atoms with Crippen molar-refractivity contribution in [2.45, 2.75) is 78.6 Å². The fourth-order valence-electron chi connectivity index (χ4n) is 3.59. The Kier molecular flexibility index (Phi) is 25.1. The van der Waals surface area contributed by atoms with Crippen molar-refractivity contribution in [3.63, 3.8) is 0 Å². The molecule has 3 aromatic carbocycles. The highest BCUT2D eigenvalue weighted by molar-refractivity contribution is 9.08. The summed E-state index contributed by atoms with van der Waals surface area (Å²) in [5.74, 6) is 1.81. The highest BCUT2D eigenvalue weighted by Crippen LogP contribution is 2.34. The average Bonchev–Trinajstić information content (AvgIpc) is 2.94. The zero-order valence-electron chi connectivity index (χ0n) is 22.1. The second-order valence-electron chi connectivity index (χ2n) is 7.81. The standard InChI is InChI=1S/C23H33P.C6H6.C2H6.CH3Br/c1-2-3-4-5-6-7-8-9-16-21-24(22-17-12-10-13-18-22)23-19-14-11-15-20-23;1-2-4-6-5-3-1;2*1-2/h10-15,17-20H,2-9,16,21H2,1H3;1-6H;1-2H3;1H3. The monoisotopic (exact) mass is 542 g/mol. The summed E-state index contributed by atoms with van der Waals surface area (Å²) in [6.45, 7) is 6.29. The second-order valence-corrected chi connectivity index (χ2v) is 10.1. The van der Waals surface area contributed by atoms with Crippen LogP contribution >= 0.6 is 23.9 Å². The zero-order valence-corrected chi connectivity index (χ0v) is 24.6. The summed E-state index contributed by atoms with van der Waals surface area (Å²) in [5, 5.41) is 3.05. The number of unbranched alkanes of at least 4 members (excludes halogenated alkanes) is 8. The molecule has 0 atom stereocenters. The molecule has 0 unspecified atom stereocenters. The van der Waals surface area contributed by atoms with Crippen molar-refractivity contribution in [3.05, 3.63) is 97.1 Å². The average molecular weight is 544 g/mol. The molecule has 0 radical (unpaired) electrons. The van der Waals surface area contributed by atoms with Gasteiger partial charge in [0.2, 0.25) is 0 Å². The van der Waals surface area contributed by atoms with E-state index >= 15 is 0 Å². The van der Waals surface area contributed by atoms with Crippen molar-refractivity contribution in [2.24, 2.45) is 0 Å². The number of rotatable bonds is 12. The van der Waals surface area contributed by atoms with Gasteiger partial charge in [0.05, 0.1) is 0 Å². The molecular formula is C32H48BrP. The fraction of sp³-hybridized carbons (Fsp3) is 0.438. The van der Waals surface area contributed by atoms with E-state index in [1.807, 2.05) is 56.1 Å². The molecule has 0 aliphatic rings. The predicted octanol–water partition coefficient (Wildman–Crippen LogP) is 10.4. The van der Waals surface area contributed by atoms with Crippen molar-refractivity contribution < 1.29 is 0 Å². The molecule has 0 nitrogen and oxygen atoms in total. The van der Waals surface area contributed by atoms with Crippen LogP contribution in [0.4, 0.5) is 0 Å². The Hall–Kier alpha value is -1.43. The number of hydrogen-bond acceptors (Lipinski definition) is 0. The number of alkyl halides is 1. The third-order valence-corrected chi connectivity index (χ3v) is 7.89. The number of halogens is 1. The van der Waals surface area contributed by atoms with E-state index in [1.54, 1.807) is 0 Å². The van der Waals surface area contributed by atoms with Crippen LogP contribution in [0.2, 0.25) is 0 Å². The molecule has 0 spiro atoms. The minimum absolute atomic E-state index is 0.183. The van der Waals surface area contributed by atoms with Crippen LogP contribution < -0.4 is 10.6 Å². The van der Waals surface area contributed by atoms with Crippen LogP contribution in [-0.4, -0.2) is 12.0 Å². The lowest BCUT2D eigenvalue weighted by Crippen LogP contribution is -2.13. The summed E-state index contributed by atoms with van der Waals surface area (Å²) in [6, 6.07) is 34.2. The largest absolute Gasteiger partial charge is 0.0966 e. The normalized spacial score (nSPS) is 9.59. The lowest BCUT2D eigenvalue weighted by Gasteiger charge is -2.18. The van der Waals surface area contributed by atoms with Gasteiger partial charge in [0.15, 0.2) is 0 Å². The van der Waals surface area contributed by atoms with Crippen molar-refractivity contribution in [3.8, 4) is 0 Å². The van der Waals surface area contributed by atoms with Gasteiger partial charge in [-0.05, 0) is 36.9 Å². The first-order valence-electron chi connectivity index (χ1n) is 13.2. The van der Waals surface area contributed by atoms with Gasteiger partial charge in [-0.1, -0.05) is 185 Å². The van der Waals surface area contributed by atoms with E-state index in [1.165, 1.54) is 74.6 Å². The Morgan fingerprint density at radius 1 is 0.471 bits per heavy atom. The van der Waals surface area contributed by atoms with E-state index < -0.39 is 0 Å². The first-order valence-corrected chi connectivity index (χ1v) is 16.3. The Balaban J connectivity index is 0.000000916.